The number of likely N-dealkylation sites (tertiary alicyclic amines) is 1. The summed E-state index contributed by atoms with van der Waals surface area (Å²) in [6, 6.07) is 17.4. The maximum atomic E-state index is 9.19. The first-order valence-electron chi connectivity index (χ1n) is 9.69. The average molecular weight is 397 g/mol. The van der Waals surface area contributed by atoms with E-state index in [1.165, 1.54) is 6.33 Å². The van der Waals surface area contributed by atoms with Gasteiger partial charge < -0.3 is 15.4 Å². The van der Waals surface area contributed by atoms with Crippen LogP contribution in [-0.4, -0.2) is 37.7 Å². The number of para-hydroxylation sites is 1. The molecule has 1 unspecified atom stereocenters. The highest BCUT2D eigenvalue weighted by Gasteiger charge is 2.28. The number of nitriles is 1. The molecule has 8 heteroatoms. The third-order valence-corrected chi connectivity index (χ3v) is 5.28. The van der Waals surface area contributed by atoms with E-state index >= 15 is 0 Å². The van der Waals surface area contributed by atoms with Crippen molar-refractivity contribution in [2.45, 2.75) is 12.5 Å². The molecule has 0 bridgehead atoms. The molecule has 1 atom stereocenters. The first-order valence-corrected chi connectivity index (χ1v) is 9.69. The summed E-state index contributed by atoms with van der Waals surface area (Å²) in [5.41, 5.74) is 8.51. The van der Waals surface area contributed by atoms with Gasteiger partial charge in [-0.1, -0.05) is 18.2 Å². The highest BCUT2D eigenvalue weighted by Crippen LogP contribution is 2.34. The first-order chi connectivity index (χ1) is 14.7. The van der Waals surface area contributed by atoms with Crippen LogP contribution >= 0.6 is 0 Å². The molecule has 0 aliphatic carbocycles. The van der Waals surface area contributed by atoms with Gasteiger partial charge >= 0.3 is 0 Å². The second-order valence-corrected chi connectivity index (χ2v) is 7.18. The minimum Gasteiger partial charge on any atom is -0.457 e. The number of benzene rings is 2. The van der Waals surface area contributed by atoms with Crippen LogP contribution in [0.25, 0.3) is 22.3 Å². The highest BCUT2D eigenvalue weighted by molar-refractivity contribution is 5.98. The lowest BCUT2D eigenvalue weighted by Gasteiger charge is -2.11. The van der Waals surface area contributed by atoms with Crippen LogP contribution in [-0.2, 0) is 0 Å². The standard InChI is InChI=1S/C22H19N7O/c23-13-28-11-10-16(12-28)29-22-19(21(24)25-14-26-22)20(27-29)15-6-8-18(9-7-15)30-17-4-2-1-3-5-17/h1-9,14,16H,10-12H2,(H2,24,25,26). The molecule has 1 aliphatic heterocycles. The summed E-state index contributed by atoms with van der Waals surface area (Å²) < 4.78 is 7.76. The fourth-order valence-electron chi connectivity index (χ4n) is 3.79. The zero-order valence-electron chi connectivity index (χ0n) is 16.1. The summed E-state index contributed by atoms with van der Waals surface area (Å²) in [6.07, 6.45) is 4.49. The number of nitrogens with zero attached hydrogens (tertiary/aromatic N) is 6. The lowest BCUT2D eigenvalue weighted by Crippen LogP contribution is -2.17. The predicted molar refractivity (Wildman–Crippen MR) is 113 cm³/mol. The molecular formula is C22H19N7O. The fraction of sp³-hybridized carbons (Fsp3) is 0.182. The number of aromatic nitrogens is 4. The predicted octanol–water partition coefficient (Wildman–Crippen LogP) is 3.60. The molecule has 2 aromatic heterocycles. The van der Waals surface area contributed by atoms with Gasteiger partial charge in [0.15, 0.2) is 11.8 Å². The normalized spacial score (nSPS) is 16.0. The Kier molecular flexibility index (Phi) is 4.41. The van der Waals surface area contributed by atoms with E-state index in [1.54, 1.807) is 4.90 Å². The number of rotatable bonds is 4. The minimum atomic E-state index is 0.0656. The van der Waals surface area contributed by atoms with E-state index in [4.69, 9.17) is 15.6 Å². The van der Waals surface area contributed by atoms with Crippen molar-refractivity contribution in [2.24, 2.45) is 0 Å². The number of nitrogens with two attached hydrogens (primary N) is 1. The van der Waals surface area contributed by atoms with Gasteiger partial charge in [0.1, 0.15) is 29.3 Å². The molecule has 1 saturated heterocycles. The van der Waals surface area contributed by atoms with Crippen LogP contribution in [0.3, 0.4) is 0 Å². The van der Waals surface area contributed by atoms with Gasteiger partial charge in [0.25, 0.3) is 0 Å². The SMILES string of the molecule is N#CN1CCC(n2nc(-c3ccc(Oc4ccccc4)cc3)c3c(N)ncnc32)C1. The Balaban J connectivity index is 1.52. The Morgan fingerprint density at radius 1 is 1.03 bits per heavy atom. The highest BCUT2D eigenvalue weighted by atomic mass is 16.5. The van der Waals surface area contributed by atoms with Crippen molar-refractivity contribution in [1.82, 2.24) is 24.6 Å². The van der Waals surface area contributed by atoms with Gasteiger partial charge in [0, 0.05) is 12.1 Å². The van der Waals surface area contributed by atoms with Gasteiger partial charge in [0.2, 0.25) is 0 Å². The summed E-state index contributed by atoms with van der Waals surface area (Å²) in [4.78, 5) is 10.3. The Morgan fingerprint density at radius 3 is 2.53 bits per heavy atom. The van der Waals surface area contributed by atoms with Crippen molar-refractivity contribution >= 4 is 16.9 Å². The topological polar surface area (TPSA) is 106 Å². The van der Waals surface area contributed by atoms with Gasteiger partial charge in [-0.05, 0) is 42.8 Å². The van der Waals surface area contributed by atoms with Crippen molar-refractivity contribution in [3.8, 4) is 28.9 Å². The third kappa shape index (κ3) is 3.16. The third-order valence-electron chi connectivity index (χ3n) is 5.28. The molecule has 2 N–H and O–H groups in total. The molecule has 30 heavy (non-hydrogen) atoms. The van der Waals surface area contributed by atoms with E-state index in [0.717, 1.165) is 34.6 Å². The molecule has 8 nitrogen and oxygen atoms in total. The second-order valence-electron chi connectivity index (χ2n) is 7.18. The van der Waals surface area contributed by atoms with Gasteiger partial charge in [-0.15, -0.1) is 0 Å². The molecule has 0 spiro atoms. The molecule has 0 amide bonds. The Hall–Kier alpha value is -4.12. The molecule has 0 radical (unpaired) electrons. The molecule has 3 heterocycles. The number of fused-ring (bicyclic) bond motifs is 1. The van der Waals surface area contributed by atoms with E-state index < -0.39 is 0 Å². The Labute approximate surface area is 173 Å². The molecule has 5 rings (SSSR count). The van der Waals surface area contributed by atoms with E-state index in [-0.39, 0.29) is 6.04 Å². The Bertz CT molecular complexity index is 1230. The van der Waals surface area contributed by atoms with Gasteiger partial charge in [-0.2, -0.15) is 10.4 Å². The van der Waals surface area contributed by atoms with Crippen LogP contribution in [0.2, 0.25) is 0 Å². The molecule has 148 valence electrons. The van der Waals surface area contributed by atoms with Crippen molar-refractivity contribution < 1.29 is 4.74 Å². The van der Waals surface area contributed by atoms with Gasteiger partial charge in [0.05, 0.1) is 18.0 Å². The summed E-state index contributed by atoms with van der Waals surface area (Å²) in [7, 11) is 0. The van der Waals surface area contributed by atoms with Crippen molar-refractivity contribution in [3.05, 3.63) is 60.9 Å². The maximum absolute atomic E-state index is 9.19. The lowest BCUT2D eigenvalue weighted by molar-refractivity contribution is 0.433. The maximum Gasteiger partial charge on any atom is 0.179 e. The van der Waals surface area contributed by atoms with Crippen LogP contribution in [0.1, 0.15) is 12.5 Å². The molecule has 0 saturated carbocycles. The van der Waals surface area contributed by atoms with Crippen LogP contribution < -0.4 is 10.5 Å². The van der Waals surface area contributed by atoms with Crippen molar-refractivity contribution in [2.75, 3.05) is 18.8 Å². The summed E-state index contributed by atoms with van der Waals surface area (Å²) >= 11 is 0. The van der Waals surface area contributed by atoms with Crippen LogP contribution in [0.5, 0.6) is 11.5 Å². The lowest BCUT2D eigenvalue weighted by atomic mass is 10.1. The number of ether oxygens (including phenoxy) is 1. The smallest absolute Gasteiger partial charge is 0.179 e. The Morgan fingerprint density at radius 2 is 1.80 bits per heavy atom. The van der Waals surface area contributed by atoms with Crippen molar-refractivity contribution in [1.29, 1.82) is 5.26 Å². The number of anilines is 1. The van der Waals surface area contributed by atoms with Crippen molar-refractivity contribution in [3.63, 3.8) is 0 Å². The molecule has 2 aromatic carbocycles. The van der Waals surface area contributed by atoms with Crippen LogP contribution in [0, 0.1) is 11.5 Å². The van der Waals surface area contributed by atoms with Crippen LogP contribution in [0.4, 0.5) is 5.82 Å². The molecule has 1 fully saturated rings. The van der Waals surface area contributed by atoms with Gasteiger partial charge in [-0.3, -0.25) is 0 Å². The van der Waals surface area contributed by atoms with Gasteiger partial charge in [-0.25, -0.2) is 14.6 Å². The number of nitrogen functional groups attached to an aromatic ring is 1. The zero-order valence-corrected chi connectivity index (χ0v) is 16.1. The first kappa shape index (κ1) is 17.9. The summed E-state index contributed by atoms with van der Waals surface area (Å²) in [5, 5.41) is 14.8. The number of hydrogen-bond acceptors (Lipinski definition) is 7. The molecule has 1 aliphatic rings. The largest absolute Gasteiger partial charge is 0.457 e. The molecular weight excluding hydrogens is 378 g/mol. The van der Waals surface area contributed by atoms with Crippen LogP contribution in [0.15, 0.2) is 60.9 Å². The second kappa shape index (κ2) is 7.37. The quantitative estimate of drug-likeness (QED) is 0.524. The minimum absolute atomic E-state index is 0.0656. The monoisotopic (exact) mass is 397 g/mol. The molecule has 4 aromatic rings. The summed E-state index contributed by atoms with van der Waals surface area (Å²) in [6.45, 7) is 1.32. The van der Waals surface area contributed by atoms with E-state index in [2.05, 4.69) is 16.2 Å². The fourth-order valence-corrected chi connectivity index (χ4v) is 3.79. The van der Waals surface area contributed by atoms with E-state index in [0.29, 0.717) is 24.6 Å². The summed E-state index contributed by atoms with van der Waals surface area (Å²) in [5.74, 6) is 1.90. The number of hydrogen-bond donors (Lipinski definition) is 1. The zero-order chi connectivity index (χ0) is 20.5. The average Bonchev–Trinajstić information content (AvgIpc) is 3.40. The van der Waals surface area contributed by atoms with E-state index in [1.807, 2.05) is 59.3 Å². The van der Waals surface area contributed by atoms with E-state index in [9.17, 15) is 5.26 Å².